The molecule has 1 aliphatic carbocycles. The van der Waals surface area contributed by atoms with Crippen molar-refractivity contribution in [2.24, 2.45) is 5.92 Å². The summed E-state index contributed by atoms with van der Waals surface area (Å²) in [5, 5.41) is 11.9. The van der Waals surface area contributed by atoms with Crippen LogP contribution in [0.5, 0.6) is 0 Å². The summed E-state index contributed by atoms with van der Waals surface area (Å²) in [5.41, 5.74) is 11.6. The summed E-state index contributed by atoms with van der Waals surface area (Å²) in [5.74, 6) is 0.0819. The molecule has 0 amide bonds. The van der Waals surface area contributed by atoms with Crippen molar-refractivity contribution in [1.82, 2.24) is 39.8 Å². The lowest BCUT2D eigenvalue weighted by Gasteiger charge is -2.34. The van der Waals surface area contributed by atoms with Gasteiger partial charge in [0.05, 0.1) is 64.9 Å². The number of hydrogen-bond acceptors (Lipinski definition) is 8. The number of halogens is 1. The number of nitrogens with zero attached hydrogens (tertiary/aromatic N) is 7. The fourth-order valence-corrected chi connectivity index (χ4v) is 7.03. The Kier molecular flexibility index (Phi) is 5.77. The molecule has 1 N–H and O–H groups in total. The van der Waals surface area contributed by atoms with Gasteiger partial charge in [0.25, 0.3) is 0 Å². The number of hydrazine groups is 1. The highest BCUT2D eigenvalue weighted by Crippen LogP contribution is 2.58. The van der Waals surface area contributed by atoms with Gasteiger partial charge in [-0.2, -0.15) is 10.2 Å². The molecule has 41 heavy (non-hydrogen) atoms. The third-order valence-electron chi connectivity index (χ3n) is 9.24. The summed E-state index contributed by atoms with van der Waals surface area (Å²) in [6, 6.07) is 3.65. The number of aryl methyl sites for hydroxylation is 1. The summed E-state index contributed by atoms with van der Waals surface area (Å²) < 4.78 is 29.7. The molecular weight excluding hydrogens is 523 g/mol. The Morgan fingerprint density at radius 3 is 2.88 bits per heavy atom. The van der Waals surface area contributed by atoms with Crippen LogP contribution < -0.4 is 5.43 Å². The van der Waals surface area contributed by atoms with Crippen molar-refractivity contribution in [2.75, 3.05) is 26.4 Å². The van der Waals surface area contributed by atoms with Crippen LogP contribution in [0.2, 0.25) is 0 Å². The molecule has 11 heteroatoms. The van der Waals surface area contributed by atoms with Crippen molar-refractivity contribution >= 4 is 11.3 Å². The number of rotatable bonds is 5. The maximum atomic E-state index is 14.1. The summed E-state index contributed by atoms with van der Waals surface area (Å²) in [6.07, 6.45) is 12.2. The Morgan fingerprint density at radius 1 is 1.12 bits per heavy atom. The van der Waals surface area contributed by atoms with Crippen molar-refractivity contribution in [3.05, 3.63) is 65.3 Å². The van der Waals surface area contributed by atoms with Crippen LogP contribution in [-0.4, -0.2) is 67.0 Å². The Hall–Kier alpha value is -3.67. The van der Waals surface area contributed by atoms with Crippen LogP contribution in [0, 0.1) is 25.6 Å². The average molecular weight is 557 g/mol. The fourth-order valence-electron chi connectivity index (χ4n) is 7.03. The van der Waals surface area contributed by atoms with Gasteiger partial charge in [0.15, 0.2) is 5.65 Å². The monoisotopic (exact) mass is 556 g/mol. The first kappa shape index (κ1) is 25.1. The first-order valence-electron chi connectivity index (χ1n) is 14.5. The van der Waals surface area contributed by atoms with Crippen molar-refractivity contribution < 1.29 is 13.9 Å². The summed E-state index contributed by atoms with van der Waals surface area (Å²) >= 11 is 0. The van der Waals surface area contributed by atoms with E-state index in [4.69, 9.17) is 24.7 Å². The third-order valence-corrected chi connectivity index (χ3v) is 9.24. The largest absolute Gasteiger partial charge is 0.381 e. The van der Waals surface area contributed by atoms with Gasteiger partial charge in [0.1, 0.15) is 12.0 Å². The maximum absolute atomic E-state index is 14.1. The molecule has 4 aromatic rings. The van der Waals surface area contributed by atoms with Gasteiger partial charge in [-0.3, -0.25) is 9.99 Å². The van der Waals surface area contributed by atoms with E-state index in [1.807, 2.05) is 24.6 Å². The van der Waals surface area contributed by atoms with Gasteiger partial charge >= 0.3 is 0 Å². The van der Waals surface area contributed by atoms with Crippen LogP contribution in [0.3, 0.4) is 0 Å². The average Bonchev–Trinajstić information content (AvgIpc) is 3.23. The van der Waals surface area contributed by atoms with Gasteiger partial charge in [-0.1, -0.05) is 0 Å². The van der Waals surface area contributed by atoms with Gasteiger partial charge < -0.3 is 9.47 Å². The second-order valence-electron chi connectivity index (χ2n) is 11.7. The quantitative estimate of drug-likeness (QED) is 0.393. The van der Waals surface area contributed by atoms with Crippen LogP contribution >= 0.6 is 0 Å². The number of hydrogen-bond donors (Lipinski definition) is 1. The Morgan fingerprint density at radius 2 is 2.05 bits per heavy atom. The lowest BCUT2D eigenvalue weighted by molar-refractivity contribution is -0.0744. The second kappa shape index (κ2) is 9.43. The zero-order valence-corrected chi connectivity index (χ0v) is 23.3. The lowest BCUT2D eigenvalue weighted by atomic mass is 9.92. The number of nitrogens with one attached hydrogen (secondary N) is 1. The number of pyridine rings is 1. The number of aromatic nitrogens is 6. The van der Waals surface area contributed by atoms with Crippen LogP contribution in [0.1, 0.15) is 54.7 Å². The fraction of sp³-hybridized carbons (Fsp3) is 0.467. The van der Waals surface area contributed by atoms with Crippen LogP contribution in [0.15, 0.2) is 36.8 Å². The molecule has 8 rings (SSSR count). The second-order valence-corrected chi connectivity index (χ2v) is 11.7. The topological polar surface area (TPSA) is 94.6 Å². The van der Waals surface area contributed by atoms with Gasteiger partial charge in [-0.15, -0.1) is 0 Å². The molecule has 3 unspecified atom stereocenters. The van der Waals surface area contributed by atoms with E-state index in [9.17, 15) is 4.39 Å². The van der Waals surface area contributed by atoms with Gasteiger partial charge in [0.2, 0.25) is 0 Å². The smallest absolute Gasteiger partial charge is 0.165 e. The van der Waals surface area contributed by atoms with Gasteiger partial charge in [0, 0.05) is 36.8 Å². The van der Waals surface area contributed by atoms with E-state index >= 15 is 0 Å². The van der Waals surface area contributed by atoms with Crippen molar-refractivity contribution in [1.29, 1.82) is 0 Å². The van der Waals surface area contributed by atoms with E-state index in [0.29, 0.717) is 11.6 Å². The van der Waals surface area contributed by atoms with Crippen LogP contribution in [0.25, 0.3) is 28.3 Å². The molecular formula is C30H33FN8O2. The molecule has 0 spiro atoms. The normalized spacial score (nSPS) is 25.9. The third kappa shape index (κ3) is 3.93. The zero-order chi connectivity index (χ0) is 27.7. The Labute approximate surface area is 237 Å². The predicted molar refractivity (Wildman–Crippen MR) is 149 cm³/mol. The molecule has 7 heterocycles. The van der Waals surface area contributed by atoms with E-state index in [2.05, 4.69) is 27.6 Å². The van der Waals surface area contributed by atoms with E-state index in [-0.39, 0.29) is 11.6 Å². The summed E-state index contributed by atoms with van der Waals surface area (Å²) in [4.78, 5) is 9.38. The standard InChI is InChI=1S/C30H33FN8O2/c1-18-28(19(2)37(36-18)22-11-21(31)14-32-15-22)25-12-26(30-7-10-40-17-20(30)13-30)35-29-23(16-34-39(25)29)24-6-8-33-38(24)27-5-3-4-9-41-27/h6,11-12,14-16,20,27,33H,3-5,7-10,13,17H2,1-2H3. The molecule has 0 bridgehead atoms. The molecule has 4 aliphatic rings. The molecule has 10 nitrogen and oxygen atoms in total. The van der Waals surface area contributed by atoms with Gasteiger partial charge in [-0.05, 0) is 64.0 Å². The van der Waals surface area contributed by atoms with Crippen molar-refractivity contribution in [3.63, 3.8) is 0 Å². The maximum Gasteiger partial charge on any atom is 0.165 e. The van der Waals surface area contributed by atoms with E-state index in [1.165, 1.54) is 12.3 Å². The molecule has 4 aromatic heterocycles. The molecule has 3 aliphatic heterocycles. The minimum absolute atomic E-state index is 0.0143. The molecule has 0 aromatic carbocycles. The van der Waals surface area contributed by atoms with Crippen molar-refractivity contribution in [3.8, 4) is 16.9 Å². The highest BCUT2D eigenvalue weighted by atomic mass is 19.1. The van der Waals surface area contributed by atoms with E-state index < -0.39 is 5.82 Å². The van der Waals surface area contributed by atoms with Crippen LogP contribution in [0.4, 0.5) is 4.39 Å². The zero-order valence-electron chi connectivity index (χ0n) is 23.3. The first-order chi connectivity index (χ1) is 20.0. The molecule has 212 valence electrons. The highest BCUT2D eigenvalue weighted by Gasteiger charge is 2.58. The van der Waals surface area contributed by atoms with Crippen LogP contribution in [-0.2, 0) is 14.9 Å². The van der Waals surface area contributed by atoms with Crippen molar-refractivity contribution in [2.45, 2.75) is 57.6 Å². The van der Waals surface area contributed by atoms with E-state index in [1.54, 1.807) is 10.9 Å². The number of fused-ring (bicyclic) bond motifs is 2. The highest BCUT2D eigenvalue weighted by molar-refractivity contribution is 5.79. The summed E-state index contributed by atoms with van der Waals surface area (Å²) in [6.45, 7) is 7.02. The minimum Gasteiger partial charge on any atom is -0.381 e. The molecule has 3 atom stereocenters. The molecule has 2 saturated heterocycles. The Bertz CT molecular complexity index is 1690. The van der Waals surface area contributed by atoms with E-state index in [0.717, 1.165) is 104 Å². The molecule has 3 fully saturated rings. The SMILES string of the molecule is Cc1nn(-c2cncc(F)c2)c(C)c1-c1cc(C23CCOCC2C3)nc2c(C3=CCNN3C3CCCCO3)cnn12. The summed E-state index contributed by atoms with van der Waals surface area (Å²) in [7, 11) is 0. The predicted octanol–water partition coefficient (Wildman–Crippen LogP) is 4.10. The minimum atomic E-state index is -0.398. The lowest BCUT2D eigenvalue weighted by Crippen LogP contribution is -2.43. The molecule has 1 saturated carbocycles. The number of ether oxygens (including phenoxy) is 2. The van der Waals surface area contributed by atoms with Gasteiger partial charge in [-0.25, -0.2) is 24.0 Å². The first-order valence-corrected chi connectivity index (χ1v) is 14.5. The molecule has 0 radical (unpaired) electrons. The Balaban J connectivity index is 1.30.